The lowest BCUT2D eigenvalue weighted by Gasteiger charge is -2.23. The molecule has 0 aliphatic rings. The van der Waals surface area contributed by atoms with Crippen LogP contribution in [0.25, 0.3) is 0 Å². The number of carbonyl (C=O) groups excluding carboxylic acids is 1. The Morgan fingerprint density at radius 1 is 1.00 bits per heavy atom. The highest BCUT2D eigenvalue weighted by Crippen LogP contribution is 2.29. The molecule has 3 heteroatoms. The van der Waals surface area contributed by atoms with E-state index in [2.05, 4.69) is 38.7 Å². The van der Waals surface area contributed by atoms with E-state index in [1.807, 2.05) is 36.4 Å². The van der Waals surface area contributed by atoms with E-state index in [9.17, 15) is 4.79 Å². The molecule has 2 aromatic rings. The zero-order valence-corrected chi connectivity index (χ0v) is 12.9. The minimum atomic E-state index is -0.102. The largest absolute Gasteiger partial charge is 0.322 e. The highest BCUT2D eigenvalue weighted by molar-refractivity contribution is 7.80. The summed E-state index contributed by atoms with van der Waals surface area (Å²) in [5.41, 5.74) is 2.60. The average molecular weight is 285 g/mol. The fourth-order valence-electron chi connectivity index (χ4n) is 2.05. The van der Waals surface area contributed by atoms with Crippen molar-refractivity contribution in [2.45, 2.75) is 31.1 Å². The lowest BCUT2D eigenvalue weighted by molar-refractivity contribution is 0.102. The fourth-order valence-corrected chi connectivity index (χ4v) is 2.20. The molecule has 104 valence electrons. The summed E-state index contributed by atoms with van der Waals surface area (Å²) < 4.78 is 0. The van der Waals surface area contributed by atoms with Gasteiger partial charge in [0.2, 0.25) is 0 Å². The van der Waals surface area contributed by atoms with Crippen LogP contribution in [0, 0.1) is 0 Å². The lowest BCUT2D eigenvalue weighted by Crippen LogP contribution is -2.18. The van der Waals surface area contributed by atoms with Gasteiger partial charge in [-0.05, 0) is 41.3 Å². The van der Waals surface area contributed by atoms with Crippen LogP contribution < -0.4 is 5.32 Å². The minimum absolute atomic E-state index is 0.0151. The molecule has 0 aliphatic heterocycles. The molecule has 20 heavy (non-hydrogen) atoms. The van der Waals surface area contributed by atoms with Gasteiger partial charge in [0.05, 0.1) is 0 Å². The highest BCUT2D eigenvalue weighted by atomic mass is 32.1. The first kappa shape index (κ1) is 14.7. The number of hydrogen-bond donors (Lipinski definition) is 2. The number of amides is 1. The van der Waals surface area contributed by atoms with Crippen LogP contribution in [0.3, 0.4) is 0 Å². The Labute approximate surface area is 125 Å². The zero-order chi connectivity index (χ0) is 14.8. The predicted molar refractivity (Wildman–Crippen MR) is 86.8 cm³/mol. The number of hydrogen-bond acceptors (Lipinski definition) is 2. The zero-order valence-electron chi connectivity index (χ0n) is 12.0. The van der Waals surface area contributed by atoms with Gasteiger partial charge in [-0.2, -0.15) is 0 Å². The van der Waals surface area contributed by atoms with E-state index in [1.165, 1.54) is 0 Å². The summed E-state index contributed by atoms with van der Waals surface area (Å²) in [4.78, 5) is 13.1. The van der Waals surface area contributed by atoms with Crippen LogP contribution in [0.4, 0.5) is 5.69 Å². The predicted octanol–water partition coefficient (Wildman–Crippen LogP) is 4.53. The molecule has 2 aromatic carbocycles. The van der Waals surface area contributed by atoms with Crippen LogP contribution in [-0.2, 0) is 5.41 Å². The van der Waals surface area contributed by atoms with Gasteiger partial charge in [0, 0.05) is 16.1 Å². The Balaban J connectivity index is 2.26. The van der Waals surface area contributed by atoms with Crippen molar-refractivity contribution in [2.24, 2.45) is 0 Å². The minimum Gasteiger partial charge on any atom is -0.322 e. The quantitative estimate of drug-likeness (QED) is 0.780. The van der Waals surface area contributed by atoms with Gasteiger partial charge in [-0.15, -0.1) is 12.6 Å². The second kappa shape index (κ2) is 5.71. The van der Waals surface area contributed by atoms with Crippen LogP contribution in [0.15, 0.2) is 53.4 Å². The van der Waals surface area contributed by atoms with Gasteiger partial charge in [0.25, 0.3) is 5.91 Å². The van der Waals surface area contributed by atoms with Crippen LogP contribution in [0.5, 0.6) is 0 Å². The fraction of sp³-hybridized carbons (Fsp3) is 0.235. The molecule has 1 N–H and O–H groups in total. The summed E-state index contributed by atoms with van der Waals surface area (Å²) in [6, 6.07) is 15.1. The lowest BCUT2D eigenvalue weighted by atomic mass is 9.86. The van der Waals surface area contributed by atoms with Crippen molar-refractivity contribution in [1.82, 2.24) is 0 Å². The van der Waals surface area contributed by atoms with Crippen molar-refractivity contribution in [3.8, 4) is 0 Å². The Bertz CT molecular complexity index is 612. The van der Waals surface area contributed by atoms with Gasteiger partial charge in [-0.3, -0.25) is 4.79 Å². The van der Waals surface area contributed by atoms with Crippen LogP contribution in [-0.4, -0.2) is 5.91 Å². The van der Waals surface area contributed by atoms with Gasteiger partial charge in [-0.1, -0.05) is 39.0 Å². The monoisotopic (exact) mass is 285 g/mol. The molecule has 0 spiro atoms. The highest BCUT2D eigenvalue weighted by Gasteiger charge is 2.18. The summed E-state index contributed by atoms with van der Waals surface area (Å²) in [5.74, 6) is -0.102. The van der Waals surface area contributed by atoms with E-state index in [0.717, 1.165) is 16.1 Å². The van der Waals surface area contributed by atoms with E-state index in [0.29, 0.717) is 5.56 Å². The number of para-hydroxylation sites is 1. The average Bonchev–Trinajstić information content (AvgIpc) is 2.38. The number of carbonyl (C=O) groups is 1. The molecular formula is C17H19NOS. The summed E-state index contributed by atoms with van der Waals surface area (Å²) >= 11 is 4.22. The maximum Gasteiger partial charge on any atom is 0.255 e. The number of nitrogens with one attached hydrogen (secondary N) is 1. The van der Waals surface area contributed by atoms with E-state index in [4.69, 9.17) is 0 Å². The van der Waals surface area contributed by atoms with E-state index < -0.39 is 0 Å². The molecule has 2 rings (SSSR count). The molecule has 0 aromatic heterocycles. The Hall–Kier alpha value is -1.74. The molecule has 2 nitrogen and oxygen atoms in total. The first-order valence-corrected chi connectivity index (χ1v) is 7.02. The van der Waals surface area contributed by atoms with Crippen LogP contribution in [0.2, 0.25) is 0 Å². The van der Waals surface area contributed by atoms with Crippen molar-refractivity contribution in [3.63, 3.8) is 0 Å². The van der Waals surface area contributed by atoms with Crippen molar-refractivity contribution in [2.75, 3.05) is 5.32 Å². The van der Waals surface area contributed by atoms with E-state index >= 15 is 0 Å². The maximum atomic E-state index is 12.3. The van der Waals surface area contributed by atoms with Crippen molar-refractivity contribution < 1.29 is 4.79 Å². The van der Waals surface area contributed by atoms with Gasteiger partial charge in [-0.25, -0.2) is 0 Å². The van der Waals surface area contributed by atoms with Gasteiger partial charge < -0.3 is 5.32 Å². The van der Waals surface area contributed by atoms with E-state index in [-0.39, 0.29) is 11.3 Å². The number of thiol groups is 1. The second-order valence-corrected chi connectivity index (χ2v) is 6.31. The van der Waals surface area contributed by atoms with Crippen LogP contribution in [0.1, 0.15) is 36.7 Å². The third-order valence-corrected chi connectivity index (χ3v) is 3.41. The van der Waals surface area contributed by atoms with E-state index in [1.54, 1.807) is 12.1 Å². The maximum absolute atomic E-state index is 12.3. The normalized spacial score (nSPS) is 11.2. The van der Waals surface area contributed by atoms with Crippen molar-refractivity contribution >= 4 is 24.2 Å². The third kappa shape index (κ3) is 3.42. The summed E-state index contributed by atoms with van der Waals surface area (Å²) in [5, 5.41) is 2.99. The molecule has 0 fully saturated rings. The van der Waals surface area contributed by atoms with Gasteiger partial charge in [0.15, 0.2) is 0 Å². The SMILES string of the molecule is CC(C)(C)c1ccccc1NC(=O)c1ccc(S)cc1. The Morgan fingerprint density at radius 3 is 2.20 bits per heavy atom. The smallest absolute Gasteiger partial charge is 0.255 e. The van der Waals surface area contributed by atoms with Crippen molar-refractivity contribution in [3.05, 3.63) is 59.7 Å². The molecule has 0 bridgehead atoms. The molecule has 0 atom stereocenters. The first-order valence-electron chi connectivity index (χ1n) is 6.58. The standard InChI is InChI=1S/C17H19NOS/c1-17(2,3)14-6-4-5-7-15(14)18-16(19)12-8-10-13(20)11-9-12/h4-11,20H,1-3H3,(H,18,19). The second-order valence-electron chi connectivity index (χ2n) is 5.80. The summed E-state index contributed by atoms with van der Waals surface area (Å²) in [6.07, 6.45) is 0. The molecule has 0 saturated carbocycles. The Kier molecular flexibility index (Phi) is 4.19. The number of benzene rings is 2. The molecule has 0 unspecified atom stereocenters. The molecule has 0 saturated heterocycles. The number of rotatable bonds is 2. The Morgan fingerprint density at radius 2 is 1.60 bits per heavy atom. The summed E-state index contributed by atoms with van der Waals surface area (Å²) in [7, 11) is 0. The van der Waals surface area contributed by atoms with Crippen LogP contribution >= 0.6 is 12.6 Å². The van der Waals surface area contributed by atoms with Gasteiger partial charge in [0.1, 0.15) is 0 Å². The molecule has 1 amide bonds. The molecule has 0 radical (unpaired) electrons. The summed E-state index contributed by atoms with van der Waals surface area (Å²) in [6.45, 7) is 6.40. The molecule has 0 aliphatic carbocycles. The molecular weight excluding hydrogens is 266 g/mol. The third-order valence-electron chi connectivity index (χ3n) is 3.11. The number of anilines is 1. The first-order chi connectivity index (χ1) is 9.38. The molecule has 0 heterocycles. The van der Waals surface area contributed by atoms with Gasteiger partial charge >= 0.3 is 0 Å². The topological polar surface area (TPSA) is 29.1 Å². The van der Waals surface area contributed by atoms with Crippen molar-refractivity contribution in [1.29, 1.82) is 0 Å².